The third-order valence-corrected chi connectivity index (χ3v) is 5.18. The number of fused-ring (bicyclic) bond motifs is 1. The number of hydrogen-bond acceptors (Lipinski definition) is 4. The van der Waals surface area contributed by atoms with Crippen molar-refractivity contribution in [2.75, 3.05) is 11.9 Å². The van der Waals surface area contributed by atoms with E-state index in [-0.39, 0.29) is 11.4 Å². The number of carbonyl (C=O) groups is 2. The number of ether oxygens (including phenoxy) is 1. The van der Waals surface area contributed by atoms with Crippen molar-refractivity contribution in [2.24, 2.45) is 0 Å². The molecule has 0 bridgehead atoms. The van der Waals surface area contributed by atoms with Gasteiger partial charge in [0.2, 0.25) is 5.78 Å². The molecular weight excluding hydrogens is 498 g/mol. The number of carbonyl (C=O) groups excluding carboxylic acids is 1. The highest BCUT2D eigenvalue weighted by atomic mass is 79.9. The van der Waals surface area contributed by atoms with Crippen LogP contribution in [0.2, 0.25) is 0 Å². The number of rotatable bonds is 6. The summed E-state index contributed by atoms with van der Waals surface area (Å²) in [7, 11) is 0. The van der Waals surface area contributed by atoms with E-state index in [4.69, 9.17) is 9.15 Å². The molecule has 2 aromatic carbocycles. The number of hydrogen-bond donors (Lipinski definition) is 2. The third-order valence-electron chi connectivity index (χ3n) is 4.68. The summed E-state index contributed by atoms with van der Waals surface area (Å²) in [5.74, 6) is 0.163. The fourth-order valence-electron chi connectivity index (χ4n) is 3.24. The fraction of sp³-hybridized carbons (Fsp3) is 0.259. The molecule has 1 aliphatic carbocycles. The van der Waals surface area contributed by atoms with Crippen molar-refractivity contribution in [2.45, 2.75) is 40.5 Å². The molecule has 180 valence electrons. The second kappa shape index (κ2) is 13.4. The van der Waals surface area contributed by atoms with Gasteiger partial charge in [0.15, 0.2) is 5.76 Å². The maximum Gasteiger partial charge on any atom is 0.409 e. The summed E-state index contributed by atoms with van der Waals surface area (Å²) in [5.41, 5.74) is 2.03. The van der Waals surface area contributed by atoms with E-state index in [1.54, 1.807) is 42.5 Å². The van der Waals surface area contributed by atoms with Gasteiger partial charge in [0.25, 0.3) is 0 Å². The van der Waals surface area contributed by atoms with Crippen LogP contribution in [0, 0.1) is 0 Å². The summed E-state index contributed by atoms with van der Waals surface area (Å²) in [6.07, 6.45) is 7.12. The lowest BCUT2D eigenvalue weighted by atomic mass is 10.1. The predicted octanol–water partition coefficient (Wildman–Crippen LogP) is 8.22. The van der Waals surface area contributed by atoms with Crippen LogP contribution in [-0.4, -0.2) is 23.6 Å². The Balaban J connectivity index is 0.000000970. The number of nitrogens with one attached hydrogen (secondary N) is 1. The zero-order valence-corrected chi connectivity index (χ0v) is 21.4. The Morgan fingerprint density at radius 3 is 2.38 bits per heavy atom. The van der Waals surface area contributed by atoms with Gasteiger partial charge in [0, 0.05) is 15.4 Å². The van der Waals surface area contributed by atoms with Crippen molar-refractivity contribution < 1.29 is 23.8 Å². The van der Waals surface area contributed by atoms with E-state index in [9.17, 15) is 14.7 Å². The molecule has 1 amide bonds. The van der Waals surface area contributed by atoms with Crippen LogP contribution < -0.4 is 10.1 Å². The van der Waals surface area contributed by atoms with Crippen LogP contribution in [0.5, 0.6) is 5.75 Å². The van der Waals surface area contributed by atoms with Gasteiger partial charge in [-0.2, -0.15) is 0 Å². The van der Waals surface area contributed by atoms with E-state index in [1.165, 1.54) is 0 Å². The number of amides is 1. The van der Waals surface area contributed by atoms with E-state index in [0.29, 0.717) is 28.9 Å². The van der Waals surface area contributed by atoms with E-state index < -0.39 is 11.9 Å². The van der Waals surface area contributed by atoms with Crippen LogP contribution in [0.25, 0.3) is 11.0 Å². The quantitative estimate of drug-likeness (QED) is 0.315. The Hall–Kier alpha value is -3.32. The molecule has 2 N–H and O–H groups in total. The highest BCUT2D eigenvalue weighted by molar-refractivity contribution is 9.10. The minimum absolute atomic E-state index is 0.0586. The predicted molar refractivity (Wildman–Crippen MR) is 140 cm³/mol. The van der Waals surface area contributed by atoms with Crippen LogP contribution in [0.1, 0.15) is 56.7 Å². The van der Waals surface area contributed by atoms with Gasteiger partial charge in [0.05, 0.1) is 0 Å². The lowest BCUT2D eigenvalue weighted by Crippen LogP contribution is -2.11. The average molecular weight is 528 g/mol. The van der Waals surface area contributed by atoms with E-state index >= 15 is 0 Å². The average Bonchev–Trinajstić information content (AvgIpc) is 3.22. The first-order valence-electron chi connectivity index (χ1n) is 11.4. The number of furan rings is 1. The molecule has 3 aromatic rings. The normalized spacial score (nSPS) is 12.0. The first-order chi connectivity index (χ1) is 16.5. The monoisotopic (exact) mass is 527 g/mol. The third kappa shape index (κ3) is 6.84. The Morgan fingerprint density at radius 2 is 1.76 bits per heavy atom. The van der Waals surface area contributed by atoms with Crippen molar-refractivity contribution in [1.29, 1.82) is 0 Å². The van der Waals surface area contributed by atoms with Gasteiger partial charge in [-0.3, -0.25) is 10.1 Å². The molecule has 0 fully saturated rings. The van der Waals surface area contributed by atoms with Crippen LogP contribution in [0.4, 0.5) is 10.5 Å². The largest absolute Gasteiger partial charge is 0.489 e. The Bertz CT molecular complexity index is 1180. The van der Waals surface area contributed by atoms with Gasteiger partial charge in [0.1, 0.15) is 23.6 Å². The van der Waals surface area contributed by atoms with Crippen LogP contribution >= 0.6 is 15.9 Å². The van der Waals surface area contributed by atoms with E-state index in [1.807, 2.05) is 27.7 Å². The van der Waals surface area contributed by atoms with Crippen molar-refractivity contribution in [3.05, 3.63) is 82.1 Å². The summed E-state index contributed by atoms with van der Waals surface area (Å²) in [5, 5.41) is 12.0. The zero-order chi connectivity index (χ0) is 25.1. The number of allylic oxidation sites excluding steroid dienone is 2. The molecule has 4 rings (SSSR count). The summed E-state index contributed by atoms with van der Waals surface area (Å²) in [4.78, 5) is 24.3. The van der Waals surface area contributed by atoms with Crippen LogP contribution in [0.15, 0.2) is 75.2 Å². The van der Waals surface area contributed by atoms with Gasteiger partial charge in [-0.15, -0.1) is 0 Å². The van der Waals surface area contributed by atoms with Gasteiger partial charge < -0.3 is 14.3 Å². The van der Waals surface area contributed by atoms with Crippen LogP contribution in [-0.2, 0) is 0 Å². The SMILES string of the molecule is CC.CC.O=C(O)Nc1c(C(=O)c2ccc(OCC3=CCCC=C3)cc2)oc2ccc(Br)cc12. The molecule has 0 saturated carbocycles. The lowest BCUT2D eigenvalue weighted by molar-refractivity contribution is 0.101. The molecule has 0 radical (unpaired) electrons. The Labute approximate surface area is 208 Å². The van der Waals surface area contributed by atoms with Gasteiger partial charge in [-0.25, -0.2) is 4.79 Å². The van der Waals surface area contributed by atoms with Crippen molar-refractivity contribution >= 4 is 44.5 Å². The Kier molecular flexibility index (Phi) is 10.6. The van der Waals surface area contributed by atoms with Crippen molar-refractivity contribution in [1.82, 2.24) is 0 Å². The second-order valence-electron chi connectivity index (χ2n) is 6.78. The molecule has 0 aliphatic heterocycles. The molecule has 0 spiro atoms. The summed E-state index contributed by atoms with van der Waals surface area (Å²) in [6.45, 7) is 8.47. The maximum atomic E-state index is 13.0. The maximum absolute atomic E-state index is 13.0. The minimum Gasteiger partial charge on any atom is -0.489 e. The zero-order valence-electron chi connectivity index (χ0n) is 19.9. The molecule has 6 nitrogen and oxygen atoms in total. The number of carboxylic acid groups (broad SMARTS) is 1. The number of benzene rings is 2. The molecule has 34 heavy (non-hydrogen) atoms. The van der Waals surface area contributed by atoms with Gasteiger partial charge >= 0.3 is 6.09 Å². The first kappa shape index (κ1) is 26.9. The molecule has 0 atom stereocenters. The fourth-order valence-corrected chi connectivity index (χ4v) is 3.60. The molecule has 1 aliphatic rings. The molecule has 0 saturated heterocycles. The molecule has 1 aromatic heterocycles. The summed E-state index contributed by atoms with van der Waals surface area (Å²) < 4.78 is 12.2. The first-order valence-corrected chi connectivity index (χ1v) is 12.2. The molecular formula is C27H30BrNO5. The van der Waals surface area contributed by atoms with Crippen molar-refractivity contribution in [3.63, 3.8) is 0 Å². The van der Waals surface area contributed by atoms with Crippen LogP contribution in [0.3, 0.4) is 0 Å². The standard InChI is InChI=1S/C23H18BrNO5.2C2H6/c24-16-8-11-19-18(12-16)20(25-23(27)28)22(30-19)21(26)15-6-9-17(10-7-15)29-13-14-4-2-1-3-5-14;2*1-2/h2,4-12,25H,1,3,13H2,(H,27,28);2*1-2H3. The number of ketones is 1. The smallest absolute Gasteiger partial charge is 0.409 e. The summed E-state index contributed by atoms with van der Waals surface area (Å²) in [6, 6.07) is 11.8. The minimum atomic E-state index is -1.28. The highest BCUT2D eigenvalue weighted by Crippen LogP contribution is 2.34. The molecule has 1 heterocycles. The highest BCUT2D eigenvalue weighted by Gasteiger charge is 2.23. The molecule has 7 heteroatoms. The van der Waals surface area contributed by atoms with Gasteiger partial charge in [-0.1, -0.05) is 61.9 Å². The lowest BCUT2D eigenvalue weighted by Gasteiger charge is -2.10. The van der Waals surface area contributed by atoms with Crippen molar-refractivity contribution in [3.8, 4) is 5.75 Å². The number of anilines is 1. The Morgan fingerprint density at radius 1 is 1.06 bits per heavy atom. The summed E-state index contributed by atoms with van der Waals surface area (Å²) >= 11 is 3.35. The van der Waals surface area contributed by atoms with E-state index in [0.717, 1.165) is 22.9 Å². The molecule has 0 unspecified atom stereocenters. The second-order valence-corrected chi connectivity index (χ2v) is 7.69. The van der Waals surface area contributed by atoms with E-state index in [2.05, 4.69) is 39.5 Å². The topological polar surface area (TPSA) is 88.8 Å². The number of halogens is 1. The van der Waals surface area contributed by atoms with Gasteiger partial charge in [-0.05, 0) is 60.9 Å².